The number of nitrogens with one attached hydrogen (secondary N) is 1. The van der Waals surface area contributed by atoms with Crippen LogP contribution in [0, 0.1) is 10.2 Å². The van der Waals surface area contributed by atoms with Crippen LogP contribution >= 0.6 is 0 Å². The molecule has 106 valence electrons. The van der Waals surface area contributed by atoms with Gasteiger partial charge in [0.1, 0.15) is 12.6 Å². The molecule has 2 aromatic heterocycles. The van der Waals surface area contributed by atoms with Gasteiger partial charge >= 0.3 is 5.63 Å². The maximum absolute atomic E-state index is 11.5. The molecule has 0 amide bonds. The van der Waals surface area contributed by atoms with Gasteiger partial charge in [-0.05, 0) is 6.07 Å². The number of benzene rings is 1. The fourth-order valence-electron chi connectivity index (χ4n) is 1.88. The standard InChI is InChI=1S/C12H9NO2.ClHO4/c1-15-7-11-9(6-12(15)14)8-4-2-3-5-10(8)13-11;2-1(3,4)5/h2-7H,1H3;(H,2,3,4,5). The molecule has 0 saturated heterocycles. The predicted octanol–water partition coefficient (Wildman–Crippen LogP) is -2.26. The highest BCUT2D eigenvalue weighted by Crippen LogP contribution is 2.23. The van der Waals surface area contributed by atoms with Crippen LogP contribution in [0.2, 0.25) is 0 Å². The summed E-state index contributed by atoms with van der Waals surface area (Å²) in [7, 11) is -3.27. The van der Waals surface area contributed by atoms with Gasteiger partial charge in [-0.25, -0.2) is 18.6 Å². The second kappa shape index (κ2) is 5.23. The highest BCUT2D eigenvalue weighted by Gasteiger charge is 2.08. The molecular formula is C12H10ClNO6. The molecular weight excluding hydrogens is 290 g/mol. The number of rotatable bonds is 0. The van der Waals surface area contributed by atoms with Gasteiger partial charge < -0.3 is 9.03 Å². The van der Waals surface area contributed by atoms with Crippen molar-refractivity contribution >= 4 is 21.8 Å². The maximum atomic E-state index is 11.5. The fourth-order valence-corrected chi connectivity index (χ4v) is 1.88. The second-order valence-electron chi connectivity index (χ2n) is 4.01. The normalized spacial score (nSPS) is 11.4. The SMILES string of the molecule is C[o+]1cc2[nH]c3ccccc3c2cc1=O.[O-][Cl+3]([O-])([O-])[O-]. The Morgan fingerprint density at radius 3 is 2.30 bits per heavy atom. The Hall–Kier alpha value is -1.90. The van der Waals surface area contributed by atoms with E-state index in [0.717, 1.165) is 21.8 Å². The average molecular weight is 300 g/mol. The second-order valence-corrected chi connectivity index (χ2v) is 4.77. The minimum absolute atomic E-state index is 0.0627. The molecule has 20 heavy (non-hydrogen) atoms. The van der Waals surface area contributed by atoms with E-state index in [1.807, 2.05) is 24.3 Å². The highest BCUT2D eigenvalue weighted by molar-refractivity contribution is 6.06. The van der Waals surface area contributed by atoms with Crippen molar-refractivity contribution < 1.29 is 32.9 Å². The number of halogens is 1. The number of hydrogen-bond donors (Lipinski definition) is 1. The van der Waals surface area contributed by atoms with Gasteiger partial charge in [-0.15, -0.1) is 10.2 Å². The molecule has 0 radical (unpaired) electrons. The maximum Gasteiger partial charge on any atom is 0.549 e. The molecule has 0 aliphatic carbocycles. The van der Waals surface area contributed by atoms with Crippen LogP contribution in [0.5, 0.6) is 0 Å². The number of hydrogen-bond acceptors (Lipinski definition) is 5. The summed E-state index contributed by atoms with van der Waals surface area (Å²) < 4.78 is 36.3. The summed E-state index contributed by atoms with van der Waals surface area (Å²) in [6.45, 7) is 0. The Kier molecular flexibility index (Phi) is 3.80. The first-order valence-electron chi connectivity index (χ1n) is 5.36. The van der Waals surface area contributed by atoms with Gasteiger partial charge in [-0.2, -0.15) is 0 Å². The van der Waals surface area contributed by atoms with Crippen molar-refractivity contribution in [3.63, 3.8) is 0 Å². The first kappa shape index (κ1) is 14.5. The van der Waals surface area contributed by atoms with Gasteiger partial charge in [0, 0.05) is 21.1 Å². The third-order valence-corrected chi connectivity index (χ3v) is 2.65. The first-order chi connectivity index (χ1) is 9.25. The highest BCUT2D eigenvalue weighted by atomic mass is 35.7. The third kappa shape index (κ3) is 3.35. The van der Waals surface area contributed by atoms with E-state index in [1.165, 1.54) is 0 Å². The Morgan fingerprint density at radius 2 is 1.65 bits per heavy atom. The van der Waals surface area contributed by atoms with Gasteiger partial charge in [0.05, 0.1) is 6.07 Å². The summed E-state index contributed by atoms with van der Waals surface area (Å²) >= 11 is 0. The van der Waals surface area contributed by atoms with Gasteiger partial charge in [-0.1, -0.05) is 18.2 Å². The van der Waals surface area contributed by atoms with Crippen molar-refractivity contribution in [2.75, 3.05) is 0 Å². The Morgan fingerprint density at radius 1 is 1.05 bits per heavy atom. The van der Waals surface area contributed by atoms with Crippen LogP contribution in [0.3, 0.4) is 0 Å². The van der Waals surface area contributed by atoms with Crippen molar-refractivity contribution in [3.8, 4) is 0 Å². The number of H-pyrrole nitrogens is 1. The van der Waals surface area contributed by atoms with E-state index in [2.05, 4.69) is 9.03 Å². The number of aryl methyl sites for hydroxylation is 1. The van der Waals surface area contributed by atoms with Crippen molar-refractivity contribution in [2.45, 2.75) is 0 Å². The Bertz CT molecular complexity index is 795. The van der Waals surface area contributed by atoms with Crippen molar-refractivity contribution in [1.29, 1.82) is 0 Å². The van der Waals surface area contributed by atoms with Crippen molar-refractivity contribution in [1.82, 2.24) is 4.98 Å². The fraction of sp³-hybridized carbons (Fsp3) is 0.0833. The molecule has 0 aliphatic rings. The lowest BCUT2D eigenvalue weighted by atomic mass is 10.2. The molecule has 0 unspecified atom stereocenters. The molecule has 0 atom stereocenters. The molecule has 3 aromatic rings. The molecule has 0 aliphatic heterocycles. The monoisotopic (exact) mass is 299 g/mol. The van der Waals surface area contributed by atoms with Gasteiger partial charge in [0.2, 0.25) is 0 Å². The van der Waals surface area contributed by atoms with E-state index < -0.39 is 10.2 Å². The zero-order chi connectivity index (χ0) is 14.9. The predicted molar refractivity (Wildman–Crippen MR) is 59.9 cm³/mol. The van der Waals surface area contributed by atoms with Crippen LogP contribution in [0.4, 0.5) is 0 Å². The zero-order valence-electron chi connectivity index (χ0n) is 10.3. The van der Waals surface area contributed by atoms with Gasteiger partial charge in [0.25, 0.3) is 0 Å². The van der Waals surface area contributed by atoms with Crippen LogP contribution in [-0.4, -0.2) is 4.98 Å². The minimum Gasteiger partial charge on any atom is -0.515 e. The van der Waals surface area contributed by atoms with E-state index in [-0.39, 0.29) is 5.63 Å². The van der Waals surface area contributed by atoms with Crippen LogP contribution in [0.1, 0.15) is 0 Å². The number of para-hydroxylation sites is 1. The topological polar surface area (TPSA) is 128 Å². The van der Waals surface area contributed by atoms with E-state index in [9.17, 15) is 4.79 Å². The average Bonchev–Trinajstić information content (AvgIpc) is 2.66. The lowest BCUT2D eigenvalue weighted by molar-refractivity contribution is -2.00. The summed E-state index contributed by atoms with van der Waals surface area (Å²) in [4.78, 5) is 14.8. The Labute approximate surface area is 114 Å². The van der Waals surface area contributed by atoms with E-state index in [1.54, 1.807) is 19.4 Å². The van der Waals surface area contributed by atoms with Crippen LogP contribution < -0.4 is 24.3 Å². The molecule has 1 aromatic carbocycles. The molecule has 1 N–H and O–H groups in total. The lowest BCUT2D eigenvalue weighted by Gasteiger charge is -2.17. The lowest BCUT2D eigenvalue weighted by Crippen LogP contribution is -2.68. The first-order valence-corrected chi connectivity index (χ1v) is 6.60. The Balaban J connectivity index is 0.000000257. The summed E-state index contributed by atoms with van der Waals surface area (Å²) in [5.41, 5.74) is 1.95. The molecule has 0 fully saturated rings. The van der Waals surface area contributed by atoms with Gasteiger partial charge in [-0.3, -0.25) is 0 Å². The summed E-state index contributed by atoms with van der Waals surface area (Å²) in [5, 5.41) is 2.06. The molecule has 3 rings (SSSR count). The van der Waals surface area contributed by atoms with Crippen LogP contribution in [0.15, 0.2) is 45.4 Å². The number of aromatic amines is 1. The van der Waals surface area contributed by atoms with Crippen molar-refractivity contribution in [2.24, 2.45) is 7.11 Å². The van der Waals surface area contributed by atoms with Crippen molar-refractivity contribution in [3.05, 3.63) is 47.0 Å². The molecule has 0 saturated carbocycles. The molecule has 7 nitrogen and oxygen atoms in total. The quantitative estimate of drug-likeness (QED) is 0.469. The largest absolute Gasteiger partial charge is 0.549 e. The molecule has 8 heteroatoms. The number of fused-ring (bicyclic) bond motifs is 3. The zero-order valence-corrected chi connectivity index (χ0v) is 11.0. The number of aromatic nitrogens is 1. The summed E-state index contributed by atoms with van der Waals surface area (Å²) in [6.07, 6.45) is 1.75. The van der Waals surface area contributed by atoms with Crippen LogP contribution in [0.25, 0.3) is 21.8 Å². The van der Waals surface area contributed by atoms with Gasteiger partial charge in [0.15, 0.2) is 6.26 Å². The molecule has 2 heterocycles. The smallest absolute Gasteiger partial charge is 0.515 e. The van der Waals surface area contributed by atoms with E-state index in [4.69, 9.17) is 18.6 Å². The molecule has 0 bridgehead atoms. The van der Waals surface area contributed by atoms with E-state index >= 15 is 0 Å². The summed E-state index contributed by atoms with van der Waals surface area (Å²) in [5.74, 6) is 0. The van der Waals surface area contributed by atoms with Crippen LogP contribution in [-0.2, 0) is 7.11 Å². The summed E-state index contributed by atoms with van der Waals surface area (Å²) in [6, 6.07) is 9.60. The molecule has 0 spiro atoms. The van der Waals surface area contributed by atoms with E-state index in [0.29, 0.717) is 0 Å². The minimum atomic E-state index is -4.94. The third-order valence-electron chi connectivity index (χ3n) is 2.65.